The van der Waals surface area contributed by atoms with E-state index in [2.05, 4.69) is 9.36 Å². The van der Waals surface area contributed by atoms with Crippen molar-refractivity contribution in [2.24, 2.45) is 0 Å². The van der Waals surface area contributed by atoms with Crippen molar-refractivity contribution >= 4 is 29.3 Å². The second kappa shape index (κ2) is 4.27. The molecule has 0 saturated carbocycles. The summed E-state index contributed by atoms with van der Waals surface area (Å²) >= 11 is 2.49. The Morgan fingerprint density at radius 3 is 2.71 bits per heavy atom. The third-order valence-corrected chi connectivity index (χ3v) is 3.60. The van der Waals surface area contributed by atoms with E-state index in [4.69, 9.17) is 5.11 Å². The fraction of sp³-hybridized carbons (Fsp3) is 0.625. The molecule has 1 rings (SSSR count). The molecule has 0 bridgehead atoms. The van der Waals surface area contributed by atoms with Crippen LogP contribution in [0.4, 0.5) is 0 Å². The zero-order valence-electron chi connectivity index (χ0n) is 8.27. The van der Waals surface area contributed by atoms with Crippen molar-refractivity contribution in [2.75, 3.05) is 0 Å². The van der Waals surface area contributed by atoms with Crippen LogP contribution < -0.4 is 0 Å². The molecule has 0 radical (unpaired) electrons. The van der Waals surface area contributed by atoms with Gasteiger partial charge in [-0.2, -0.15) is 4.37 Å². The minimum Gasteiger partial charge on any atom is -0.480 e. The first-order valence-corrected chi connectivity index (χ1v) is 5.79. The van der Waals surface area contributed by atoms with Crippen molar-refractivity contribution in [3.63, 3.8) is 0 Å². The lowest BCUT2D eigenvalue weighted by Crippen LogP contribution is -2.26. The average molecular weight is 232 g/mol. The summed E-state index contributed by atoms with van der Waals surface area (Å²) < 4.78 is 3.97. The Morgan fingerprint density at radius 1 is 1.64 bits per heavy atom. The normalized spacial score (nSPS) is 11.6. The number of carboxylic acid groups (broad SMARTS) is 1. The maximum atomic E-state index is 10.8. The predicted octanol–water partition coefficient (Wildman–Crippen LogP) is 2.06. The van der Waals surface area contributed by atoms with E-state index in [0.29, 0.717) is 4.34 Å². The molecule has 0 aliphatic carbocycles. The van der Waals surface area contributed by atoms with Crippen LogP contribution in [0.15, 0.2) is 4.34 Å². The third-order valence-electron chi connectivity index (χ3n) is 1.62. The molecule has 4 nitrogen and oxygen atoms in total. The number of aliphatic carboxylic acids is 1. The van der Waals surface area contributed by atoms with Gasteiger partial charge >= 0.3 is 5.97 Å². The summed E-state index contributed by atoms with van der Waals surface area (Å²) in [6.45, 7) is 5.29. The van der Waals surface area contributed by atoms with Gasteiger partial charge in [0.1, 0.15) is 10.6 Å². The zero-order valence-corrected chi connectivity index (χ0v) is 9.91. The van der Waals surface area contributed by atoms with Gasteiger partial charge in [-0.1, -0.05) is 18.7 Å². The lowest BCUT2D eigenvalue weighted by Gasteiger charge is -2.15. The number of thioether (sulfide) groups is 1. The largest absolute Gasteiger partial charge is 0.480 e. The Hall–Kier alpha value is -0.620. The predicted molar refractivity (Wildman–Crippen MR) is 56.9 cm³/mol. The monoisotopic (exact) mass is 232 g/mol. The van der Waals surface area contributed by atoms with Gasteiger partial charge in [0.2, 0.25) is 0 Å². The Labute approximate surface area is 90.9 Å². The van der Waals surface area contributed by atoms with E-state index in [1.807, 2.05) is 6.92 Å². The van der Waals surface area contributed by atoms with Crippen LogP contribution in [0.5, 0.6) is 0 Å². The molecule has 1 aromatic heterocycles. The van der Waals surface area contributed by atoms with Crippen molar-refractivity contribution < 1.29 is 9.90 Å². The number of carboxylic acids is 1. The Bertz CT molecular complexity index is 336. The lowest BCUT2D eigenvalue weighted by molar-refractivity contribution is -0.138. The molecule has 0 aliphatic rings. The Balaban J connectivity index is 2.73. The van der Waals surface area contributed by atoms with Crippen molar-refractivity contribution in [2.45, 2.75) is 36.3 Å². The third kappa shape index (κ3) is 2.68. The molecule has 0 fully saturated rings. The summed E-state index contributed by atoms with van der Waals surface area (Å²) in [6, 6.07) is 0. The summed E-state index contributed by atoms with van der Waals surface area (Å²) in [5, 5.41) is 8.90. The van der Waals surface area contributed by atoms with E-state index in [0.717, 1.165) is 12.2 Å². The van der Waals surface area contributed by atoms with E-state index in [1.54, 1.807) is 13.8 Å². The first-order chi connectivity index (χ1) is 6.45. The molecule has 14 heavy (non-hydrogen) atoms. The Kier molecular flexibility index (Phi) is 3.49. The molecule has 1 heterocycles. The number of aromatic nitrogens is 2. The topological polar surface area (TPSA) is 63.1 Å². The van der Waals surface area contributed by atoms with Crippen LogP contribution in [0, 0.1) is 0 Å². The lowest BCUT2D eigenvalue weighted by atomic mass is 10.2. The van der Waals surface area contributed by atoms with Crippen molar-refractivity contribution in [1.82, 2.24) is 9.36 Å². The SMILES string of the molecule is CCc1nsc(SC(C)(C)C(=O)O)n1. The van der Waals surface area contributed by atoms with Crippen LogP contribution in [-0.2, 0) is 11.2 Å². The molecule has 6 heteroatoms. The average Bonchev–Trinajstić information content (AvgIpc) is 2.51. The smallest absolute Gasteiger partial charge is 0.319 e. The first kappa shape index (κ1) is 11.5. The highest BCUT2D eigenvalue weighted by Gasteiger charge is 2.30. The number of carbonyl (C=O) groups is 1. The minimum atomic E-state index is -0.843. The zero-order chi connectivity index (χ0) is 10.8. The summed E-state index contributed by atoms with van der Waals surface area (Å²) in [4.78, 5) is 15.0. The maximum Gasteiger partial charge on any atom is 0.319 e. The molecule has 0 unspecified atom stereocenters. The van der Waals surface area contributed by atoms with E-state index < -0.39 is 10.7 Å². The van der Waals surface area contributed by atoms with Crippen LogP contribution in [0.25, 0.3) is 0 Å². The standard InChI is InChI=1S/C8H12N2O2S2/c1-4-5-9-7(14-10-5)13-8(2,3)6(11)12/h4H2,1-3H3,(H,11,12). The van der Waals surface area contributed by atoms with Crippen molar-refractivity contribution in [3.8, 4) is 0 Å². The van der Waals surface area contributed by atoms with Crippen LogP contribution >= 0.6 is 23.3 Å². The molecular formula is C8H12N2O2S2. The molecule has 0 spiro atoms. The van der Waals surface area contributed by atoms with Gasteiger partial charge in [0.05, 0.1) is 0 Å². The van der Waals surface area contributed by atoms with Crippen LogP contribution in [0.1, 0.15) is 26.6 Å². The molecule has 78 valence electrons. The van der Waals surface area contributed by atoms with Gasteiger partial charge in [0.15, 0.2) is 4.34 Å². The van der Waals surface area contributed by atoms with Gasteiger partial charge in [-0.3, -0.25) is 4.79 Å². The van der Waals surface area contributed by atoms with Crippen molar-refractivity contribution in [3.05, 3.63) is 5.82 Å². The highest BCUT2D eigenvalue weighted by molar-refractivity contribution is 8.02. The fourth-order valence-electron chi connectivity index (χ4n) is 0.685. The molecule has 0 saturated heterocycles. The van der Waals surface area contributed by atoms with Gasteiger partial charge in [-0.05, 0) is 25.4 Å². The maximum absolute atomic E-state index is 10.8. The second-order valence-corrected chi connectivity index (χ2v) is 5.87. The summed E-state index contributed by atoms with van der Waals surface area (Å²) in [5.41, 5.74) is 0. The van der Waals surface area contributed by atoms with E-state index in [1.165, 1.54) is 23.3 Å². The van der Waals surface area contributed by atoms with Gasteiger partial charge in [-0.15, -0.1) is 0 Å². The molecule has 0 aromatic carbocycles. The van der Waals surface area contributed by atoms with E-state index >= 15 is 0 Å². The van der Waals surface area contributed by atoms with Crippen LogP contribution in [0.2, 0.25) is 0 Å². The van der Waals surface area contributed by atoms with Gasteiger partial charge < -0.3 is 5.11 Å². The number of hydrogen-bond acceptors (Lipinski definition) is 5. The number of nitrogens with zero attached hydrogens (tertiary/aromatic N) is 2. The van der Waals surface area contributed by atoms with Gasteiger partial charge in [-0.25, -0.2) is 4.98 Å². The fourth-order valence-corrected chi connectivity index (χ4v) is 2.75. The highest BCUT2D eigenvalue weighted by Crippen LogP contribution is 2.33. The first-order valence-electron chi connectivity index (χ1n) is 4.20. The van der Waals surface area contributed by atoms with Crippen LogP contribution in [-0.4, -0.2) is 25.2 Å². The molecule has 0 atom stereocenters. The molecule has 0 amide bonds. The Morgan fingerprint density at radius 2 is 2.29 bits per heavy atom. The van der Waals surface area contributed by atoms with E-state index in [-0.39, 0.29) is 0 Å². The number of hydrogen-bond donors (Lipinski definition) is 1. The van der Waals surface area contributed by atoms with Crippen LogP contribution in [0.3, 0.4) is 0 Å². The number of aryl methyl sites for hydroxylation is 1. The summed E-state index contributed by atoms with van der Waals surface area (Å²) in [5.74, 6) is -0.0607. The quantitative estimate of drug-likeness (QED) is 0.805. The van der Waals surface area contributed by atoms with Gasteiger partial charge in [0, 0.05) is 6.42 Å². The summed E-state index contributed by atoms with van der Waals surface area (Å²) in [7, 11) is 0. The number of rotatable bonds is 4. The van der Waals surface area contributed by atoms with Gasteiger partial charge in [0.25, 0.3) is 0 Å². The molecule has 0 aliphatic heterocycles. The van der Waals surface area contributed by atoms with Crippen molar-refractivity contribution in [1.29, 1.82) is 0 Å². The minimum absolute atomic E-state index is 0.717. The summed E-state index contributed by atoms with van der Waals surface area (Å²) in [6.07, 6.45) is 0.782. The highest BCUT2D eigenvalue weighted by atomic mass is 32.2. The van der Waals surface area contributed by atoms with E-state index in [9.17, 15) is 4.79 Å². The molecular weight excluding hydrogens is 220 g/mol. The molecule has 1 N–H and O–H groups in total. The second-order valence-electron chi connectivity index (χ2n) is 3.25. The molecule has 1 aromatic rings.